The number of piperidine rings is 1. The molecule has 2 aliphatic rings. The first kappa shape index (κ1) is 11.4. The molecule has 87 valence electrons. The fourth-order valence-corrected chi connectivity index (χ4v) is 2.87. The van der Waals surface area contributed by atoms with Crippen LogP contribution in [0.15, 0.2) is 0 Å². The molecule has 2 fully saturated rings. The number of hydrogen-bond acceptors (Lipinski definition) is 2. The fraction of sp³-hybridized carbons (Fsp3) is 1.00. The summed E-state index contributed by atoms with van der Waals surface area (Å²) in [5.41, 5.74) is 0. The van der Waals surface area contributed by atoms with E-state index in [0.29, 0.717) is 6.04 Å². The van der Waals surface area contributed by atoms with Crippen LogP contribution in [0.5, 0.6) is 0 Å². The van der Waals surface area contributed by atoms with E-state index in [1.165, 1.54) is 6.42 Å². The van der Waals surface area contributed by atoms with Gasteiger partial charge in [-0.15, -0.1) is 0 Å². The van der Waals surface area contributed by atoms with E-state index < -0.39 is 0 Å². The second-order valence-corrected chi connectivity index (χ2v) is 5.05. The highest BCUT2D eigenvalue weighted by molar-refractivity contribution is 4.81. The standard InChI is InChI=1S/C12H22NO2/c14-11-3-1-2-10(4-5-11)13-8-6-12(15)7-9-13/h10-12,14H,1-9H2. The van der Waals surface area contributed by atoms with Crippen molar-refractivity contribution in [3.05, 3.63) is 0 Å². The van der Waals surface area contributed by atoms with Crippen molar-refractivity contribution in [3.8, 4) is 0 Å². The molecule has 2 rings (SSSR count). The van der Waals surface area contributed by atoms with Crippen LogP contribution in [-0.4, -0.2) is 41.3 Å². The van der Waals surface area contributed by atoms with Gasteiger partial charge in [0.1, 0.15) is 0 Å². The topological polar surface area (TPSA) is 43.4 Å². The van der Waals surface area contributed by atoms with Crippen LogP contribution in [0.2, 0.25) is 0 Å². The van der Waals surface area contributed by atoms with Crippen molar-refractivity contribution in [2.75, 3.05) is 13.1 Å². The number of aliphatic hydroxyl groups is 1. The Balaban J connectivity index is 1.82. The average Bonchev–Trinajstić information content (AvgIpc) is 2.44. The average molecular weight is 212 g/mol. The Morgan fingerprint density at radius 1 is 0.933 bits per heavy atom. The highest BCUT2D eigenvalue weighted by atomic mass is 16.3. The summed E-state index contributed by atoms with van der Waals surface area (Å²) >= 11 is 0. The minimum Gasteiger partial charge on any atom is -0.393 e. The Morgan fingerprint density at radius 2 is 1.67 bits per heavy atom. The van der Waals surface area contributed by atoms with Gasteiger partial charge in [-0.05, 0) is 44.9 Å². The van der Waals surface area contributed by atoms with Gasteiger partial charge in [0, 0.05) is 19.1 Å². The zero-order valence-corrected chi connectivity index (χ0v) is 9.40. The SMILES string of the molecule is [O]C1CCN(C2CCCC(O)CC2)CC1. The number of nitrogens with zero attached hydrogens (tertiary/aromatic N) is 1. The van der Waals surface area contributed by atoms with Gasteiger partial charge in [0.2, 0.25) is 0 Å². The van der Waals surface area contributed by atoms with Crippen molar-refractivity contribution in [3.63, 3.8) is 0 Å². The molecule has 0 spiro atoms. The third-order valence-electron chi connectivity index (χ3n) is 3.90. The van der Waals surface area contributed by atoms with Crippen molar-refractivity contribution < 1.29 is 10.2 Å². The lowest BCUT2D eigenvalue weighted by atomic mass is 10.0. The molecule has 1 heterocycles. The first-order chi connectivity index (χ1) is 7.25. The number of aliphatic hydroxyl groups excluding tert-OH is 1. The summed E-state index contributed by atoms with van der Waals surface area (Å²) in [5.74, 6) is 0. The quantitative estimate of drug-likeness (QED) is 0.671. The first-order valence-electron chi connectivity index (χ1n) is 6.33. The summed E-state index contributed by atoms with van der Waals surface area (Å²) in [6.45, 7) is 1.96. The van der Waals surface area contributed by atoms with Gasteiger partial charge < -0.3 is 10.0 Å². The van der Waals surface area contributed by atoms with Crippen molar-refractivity contribution in [2.24, 2.45) is 0 Å². The third-order valence-corrected chi connectivity index (χ3v) is 3.90. The van der Waals surface area contributed by atoms with Crippen molar-refractivity contribution in [2.45, 2.75) is 63.2 Å². The van der Waals surface area contributed by atoms with Gasteiger partial charge in [-0.3, -0.25) is 0 Å². The normalized spacial score (nSPS) is 36.4. The Labute approximate surface area is 92.1 Å². The molecule has 3 heteroatoms. The Hall–Kier alpha value is -0.120. The Bertz CT molecular complexity index is 190. The van der Waals surface area contributed by atoms with E-state index in [4.69, 9.17) is 0 Å². The van der Waals surface area contributed by atoms with E-state index in [1.807, 2.05) is 0 Å². The minimum absolute atomic E-state index is 0.0768. The number of hydrogen-bond donors (Lipinski definition) is 1. The molecular weight excluding hydrogens is 190 g/mol. The zero-order valence-electron chi connectivity index (χ0n) is 9.40. The molecule has 15 heavy (non-hydrogen) atoms. The van der Waals surface area contributed by atoms with Gasteiger partial charge in [0.15, 0.2) is 0 Å². The second-order valence-electron chi connectivity index (χ2n) is 5.05. The molecular formula is C12H22NO2. The molecule has 1 saturated heterocycles. The van der Waals surface area contributed by atoms with Crippen LogP contribution < -0.4 is 0 Å². The fourth-order valence-electron chi connectivity index (χ4n) is 2.87. The van der Waals surface area contributed by atoms with Crippen molar-refractivity contribution in [1.29, 1.82) is 0 Å². The van der Waals surface area contributed by atoms with E-state index in [0.717, 1.165) is 51.6 Å². The van der Waals surface area contributed by atoms with Gasteiger partial charge in [-0.1, -0.05) is 0 Å². The number of likely N-dealkylation sites (tertiary alicyclic amines) is 1. The summed E-state index contributed by atoms with van der Waals surface area (Å²) < 4.78 is 0. The lowest BCUT2D eigenvalue weighted by Crippen LogP contribution is -2.42. The molecule has 1 N–H and O–H groups in total. The van der Waals surface area contributed by atoms with E-state index >= 15 is 0 Å². The molecule has 1 radical (unpaired) electrons. The predicted octanol–water partition coefficient (Wildman–Crippen LogP) is 1.57. The van der Waals surface area contributed by atoms with Crippen LogP contribution in [0.4, 0.5) is 0 Å². The highest BCUT2D eigenvalue weighted by Gasteiger charge is 2.26. The van der Waals surface area contributed by atoms with Gasteiger partial charge >= 0.3 is 0 Å². The number of rotatable bonds is 1. The van der Waals surface area contributed by atoms with Crippen LogP contribution >= 0.6 is 0 Å². The minimum atomic E-state index is -0.322. The lowest BCUT2D eigenvalue weighted by Gasteiger charge is -2.35. The Morgan fingerprint density at radius 3 is 2.40 bits per heavy atom. The third kappa shape index (κ3) is 3.16. The molecule has 1 saturated carbocycles. The maximum atomic E-state index is 11.2. The molecule has 1 aliphatic carbocycles. The van der Waals surface area contributed by atoms with E-state index in [-0.39, 0.29) is 12.2 Å². The summed E-state index contributed by atoms with van der Waals surface area (Å²) in [7, 11) is 0. The maximum Gasteiger partial charge on any atom is 0.0954 e. The molecule has 0 bridgehead atoms. The first-order valence-corrected chi connectivity index (χ1v) is 6.33. The molecule has 2 unspecified atom stereocenters. The van der Waals surface area contributed by atoms with Crippen LogP contribution in [0, 0.1) is 0 Å². The summed E-state index contributed by atoms with van der Waals surface area (Å²) in [6.07, 6.45) is 6.62. The predicted molar refractivity (Wildman–Crippen MR) is 58.2 cm³/mol. The van der Waals surface area contributed by atoms with Gasteiger partial charge in [-0.2, -0.15) is 0 Å². The van der Waals surface area contributed by atoms with Crippen LogP contribution in [0.25, 0.3) is 0 Å². The monoisotopic (exact) mass is 212 g/mol. The van der Waals surface area contributed by atoms with Gasteiger partial charge in [0.25, 0.3) is 0 Å². The molecule has 0 aromatic rings. The van der Waals surface area contributed by atoms with Crippen molar-refractivity contribution in [1.82, 2.24) is 4.90 Å². The molecule has 2 atom stereocenters. The maximum absolute atomic E-state index is 11.2. The summed E-state index contributed by atoms with van der Waals surface area (Å²) in [4.78, 5) is 2.48. The molecule has 0 aromatic heterocycles. The van der Waals surface area contributed by atoms with E-state index in [9.17, 15) is 10.2 Å². The second kappa shape index (κ2) is 5.28. The van der Waals surface area contributed by atoms with E-state index in [1.54, 1.807) is 0 Å². The summed E-state index contributed by atoms with van der Waals surface area (Å²) in [6, 6.07) is 0.634. The van der Waals surface area contributed by atoms with Crippen LogP contribution in [-0.2, 0) is 5.11 Å². The zero-order chi connectivity index (χ0) is 10.7. The largest absolute Gasteiger partial charge is 0.393 e. The molecule has 0 aromatic carbocycles. The molecule has 3 nitrogen and oxygen atoms in total. The summed E-state index contributed by atoms with van der Waals surface area (Å²) in [5, 5.41) is 20.8. The van der Waals surface area contributed by atoms with Gasteiger partial charge in [-0.25, -0.2) is 5.11 Å². The van der Waals surface area contributed by atoms with Crippen molar-refractivity contribution >= 4 is 0 Å². The molecule has 1 aliphatic heterocycles. The van der Waals surface area contributed by atoms with Gasteiger partial charge in [0.05, 0.1) is 12.2 Å². The highest BCUT2D eigenvalue weighted by Crippen LogP contribution is 2.24. The van der Waals surface area contributed by atoms with E-state index in [2.05, 4.69) is 4.90 Å². The molecule has 0 amide bonds. The lowest BCUT2D eigenvalue weighted by molar-refractivity contribution is 0.0123. The van der Waals surface area contributed by atoms with Crippen LogP contribution in [0.1, 0.15) is 44.9 Å². The Kier molecular flexibility index (Phi) is 4.00. The smallest absolute Gasteiger partial charge is 0.0954 e. The van der Waals surface area contributed by atoms with Crippen LogP contribution in [0.3, 0.4) is 0 Å².